The summed E-state index contributed by atoms with van der Waals surface area (Å²) >= 11 is 0. The molecule has 1 heterocycles. The van der Waals surface area contributed by atoms with Crippen LogP contribution in [0.1, 0.15) is 29.5 Å². The van der Waals surface area contributed by atoms with E-state index in [9.17, 15) is 9.50 Å². The van der Waals surface area contributed by atoms with Gasteiger partial charge in [0.2, 0.25) is 0 Å². The molecule has 1 saturated heterocycles. The molecule has 0 aromatic heterocycles. The molecule has 4 heteroatoms. The zero-order valence-electron chi connectivity index (χ0n) is 14.8. The van der Waals surface area contributed by atoms with Crippen molar-refractivity contribution in [1.29, 1.82) is 0 Å². The molecule has 0 aliphatic carbocycles. The fourth-order valence-electron chi connectivity index (χ4n) is 3.39. The van der Waals surface area contributed by atoms with Crippen LogP contribution in [0.5, 0.6) is 0 Å². The van der Waals surface area contributed by atoms with E-state index < -0.39 is 0 Å². The second-order valence-corrected chi connectivity index (χ2v) is 7.04. The smallest absolute Gasteiger partial charge is 0.126 e. The highest BCUT2D eigenvalue weighted by molar-refractivity contribution is 5.46. The van der Waals surface area contributed by atoms with E-state index in [0.29, 0.717) is 24.6 Å². The van der Waals surface area contributed by atoms with Gasteiger partial charge in [-0.25, -0.2) is 4.39 Å². The van der Waals surface area contributed by atoms with Crippen molar-refractivity contribution in [2.45, 2.75) is 32.9 Å². The first-order valence-corrected chi connectivity index (χ1v) is 9.05. The third-order valence-electron chi connectivity index (χ3n) is 5.02. The van der Waals surface area contributed by atoms with Crippen LogP contribution < -0.4 is 5.32 Å². The van der Waals surface area contributed by atoms with Gasteiger partial charge in [-0.05, 0) is 73.7 Å². The van der Waals surface area contributed by atoms with E-state index in [1.165, 1.54) is 11.6 Å². The maximum atomic E-state index is 13.3. The number of hydrogen-bond donors (Lipinski definition) is 2. The van der Waals surface area contributed by atoms with Crippen molar-refractivity contribution in [3.63, 3.8) is 0 Å². The number of likely N-dealkylation sites (tertiary alicyclic amines) is 1. The molecule has 2 aromatic carbocycles. The lowest BCUT2D eigenvalue weighted by atomic mass is 9.97. The van der Waals surface area contributed by atoms with Crippen LogP contribution in [0.15, 0.2) is 42.5 Å². The fraction of sp³-hybridized carbons (Fsp3) is 0.429. The average molecular weight is 342 g/mol. The molecule has 3 nitrogen and oxygen atoms in total. The molecule has 0 amide bonds. The highest BCUT2D eigenvalue weighted by Gasteiger charge is 2.18. The Morgan fingerprint density at radius 2 is 1.92 bits per heavy atom. The summed E-state index contributed by atoms with van der Waals surface area (Å²) in [5, 5.41) is 12.7. The van der Waals surface area contributed by atoms with Gasteiger partial charge in [0.15, 0.2) is 0 Å². The average Bonchev–Trinajstić information content (AvgIpc) is 2.64. The quantitative estimate of drug-likeness (QED) is 0.834. The Hall–Kier alpha value is -1.91. The van der Waals surface area contributed by atoms with Crippen LogP contribution in [0.25, 0.3) is 0 Å². The Labute approximate surface area is 149 Å². The molecule has 134 valence electrons. The normalized spacial score (nSPS) is 16.1. The molecule has 25 heavy (non-hydrogen) atoms. The van der Waals surface area contributed by atoms with E-state index in [4.69, 9.17) is 0 Å². The number of nitrogens with zero attached hydrogens (tertiary/aromatic N) is 1. The molecule has 0 saturated carbocycles. The molecular formula is C21H27FN2O. The molecule has 0 atom stereocenters. The maximum absolute atomic E-state index is 13.3. The van der Waals surface area contributed by atoms with E-state index in [-0.39, 0.29) is 5.82 Å². The van der Waals surface area contributed by atoms with Crippen LogP contribution in [-0.2, 0) is 13.1 Å². The minimum atomic E-state index is -0.157. The third-order valence-corrected chi connectivity index (χ3v) is 5.02. The molecule has 1 fully saturated rings. The van der Waals surface area contributed by atoms with Crippen molar-refractivity contribution in [3.05, 3.63) is 65.0 Å². The number of rotatable bonds is 6. The number of piperidine rings is 1. The first kappa shape index (κ1) is 17.9. The van der Waals surface area contributed by atoms with Gasteiger partial charge in [0.1, 0.15) is 5.82 Å². The first-order chi connectivity index (χ1) is 12.1. The van der Waals surface area contributed by atoms with E-state index in [2.05, 4.69) is 34.5 Å². The van der Waals surface area contributed by atoms with Gasteiger partial charge in [-0.2, -0.15) is 0 Å². The number of nitrogens with one attached hydrogen (secondary N) is 1. The van der Waals surface area contributed by atoms with Gasteiger partial charge in [-0.3, -0.25) is 4.90 Å². The van der Waals surface area contributed by atoms with Crippen molar-refractivity contribution < 1.29 is 9.50 Å². The van der Waals surface area contributed by atoms with Crippen molar-refractivity contribution in [3.8, 4) is 0 Å². The number of hydrogen-bond acceptors (Lipinski definition) is 3. The van der Waals surface area contributed by atoms with E-state index in [1.807, 2.05) is 12.1 Å². The largest absolute Gasteiger partial charge is 0.396 e. The lowest BCUT2D eigenvalue weighted by molar-refractivity contribution is 0.127. The molecule has 3 rings (SSSR count). The van der Waals surface area contributed by atoms with Crippen LogP contribution in [0.4, 0.5) is 10.1 Å². The lowest BCUT2D eigenvalue weighted by Crippen LogP contribution is -2.34. The highest BCUT2D eigenvalue weighted by atomic mass is 19.1. The number of aliphatic hydroxyl groups is 1. The van der Waals surface area contributed by atoms with Gasteiger partial charge in [-0.15, -0.1) is 0 Å². The zero-order valence-corrected chi connectivity index (χ0v) is 14.8. The summed E-state index contributed by atoms with van der Waals surface area (Å²) in [6.45, 7) is 5.85. The lowest BCUT2D eigenvalue weighted by Gasteiger charge is -2.31. The number of aliphatic hydroxyl groups excluding tert-OH is 1. The summed E-state index contributed by atoms with van der Waals surface area (Å²) in [7, 11) is 0. The van der Waals surface area contributed by atoms with Crippen LogP contribution >= 0.6 is 0 Å². The summed E-state index contributed by atoms with van der Waals surface area (Å²) < 4.78 is 13.3. The summed E-state index contributed by atoms with van der Waals surface area (Å²) in [5.41, 5.74) is 4.14. The molecule has 2 aromatic rings. The fourth-order valence-corrected chi connectivity index (χ4v) is 3.39. The predicted molar refractivity (Wildman–Crippen MR) is 100.0 cm³/mol. The molecule has 0 radical (unpaired) electrons. The van der Waals surface area contributed by atoms with Gasteiger partial charge in [0.25, 0.3) is 0 Å². The Morgan fingerprint density at radius 1 is 1.12 bits per heavy atom. The van der Waals surface area contributed by atoms with Crippen LogP contribution in [0.3, 0.4) is 0 Å². The number of benzene rings is 2. The molecule has 1 aliphatic rings. The van der Waals surface area contributed by atoms with Crippen LogP contribution in [-0.4, -0.2) is 29.7 Å². The zero-order chi connectivity index (χ0) is 17.6. The molecule has 0 bridgehead atoms. The minimum Gasteiger partial charge on any atom is -0.396 e. The van der Waals surface area contributed by atoms with Crippen molar-refractivity contribution in [2.75, 3.05) is 25.0 Å². The maximum Gasteiger partial charge on any atom is 0.126 e. The molecule has 2 N–H and O–H groups in total. The monoisotopic (exact) mass is 342 g/mol. The van der Waals surface area contributed by atoms with E-state index in [0.717, 1.165) is 43.7 Å². The Kier molecular flexibility index (Phi) is 6.05. The SMILES string of the molecule is Cc1cc(CNc2cccc(CN3CCC(CO)CC3)c2)ccc1F. The van der Waals surface area contributed by atoms with Crippen molar-refractivity contribution in [2.24, 2.45) is 5.92 Å². The highest BCUT2D eigenvalue weighted by Crippen LogP contribution is 2.20. The Balaban J connectivity index is 1.55. The van der Waals surface area contributed by atoms with Gasteiger partial charge in [-0.1, -0.05) is 24.3 Å². The van der Waals surface area contributed by atoms with Crippen molar-refractivity contribution >= 4 is 5.69 Å². The molecular weight excluding hydrogens is 315 g/mol. The summed E-state index contributed by atoms with van der Waals surface area (Å²) in [6.07, 6.45) is 2.16. The van der Waals surface area contributed by atoms with Crippen LogP contribution in [0.2, 0.25) is 0 Å². The molecule has 0 unspecified atom stereocenters. The number of anilines is 1. The summed E-state index contributed by atoms with van der Waals surface area (Å²) in [6, 6.07) is 13.7. The number of aryl methyl sites for hydroxylation is 1. The predicted octanol–water partition coefficient (Wildman–Crippen LogP) is 3.95. The number of halogens is 1. The topological polar surface area (TPSA) is 35.5 Å². The van der Waals surface area contributed by atoms with Gasteiger partial charge < -0.3 is 10.4 Å². The molecule has 0 spiro atoms. The Morgan fingerprint density at radius 3 is 2.64 bits per heavy atom. The van der Waals surface area contributed by atoms with Crippen LogP contribution in [0, 0.1) is 18.7 Å². The second kappa shape index (κ2) is 8.45. The van der Waals surface area contributed by atoms with Gasteiger partial charge >= 0.3 is 0 Å². The van der Waals surface area contributed by atoms with Gasteiger partial charge in [0, 0.05) is 25.4 Å². The van der Waals surface area contributed by atoms with Gasteiger partial charge in [0.05, 0.1) is 0 Å². The van der Waals surface area contributed by atoms with Crippen molar-refractivity contribution in [1.82, 2.24) is 4.90 Å². The second-order valence-electron chi connectivity index (χ2n) is 7.04. The molecule has 1 aliphatic heterocycles. The summed E-state index contributed by atoms with van der Waals surface area (Å²) in [5.74, 6) is 0.319. The standard InChI is InChI=1S/C21H27FN2O/c1-16-11-18(5-6-21(16)22)13-23-20-4-2-3-19(12-20)14-24-9-7-17(15-25)8-10-24/h2-6,11-12,17,23,25H,7-10,13-15H2,1H3. The van der Waals surface area contributed by atoms with E-state index in [1.54, 1.807) is 6.92 Å². The minimum absolute atomic E-state index is 0.157. The van der Waals surface area contributed by atoms with E-state index >= 15 is 0 Å². The Bertz CT molecular complexity index is 696. The summed E-state index contributed by atoms with van der Waals surface area (Å²) in [4.78, 5) is 2.45. The third kappa shape index (κ3) is 5.03. The first-order valence-electron chi connectivity index (χ1n) is 9.05.